The highest BCUT2D eigenvalue weighted by atomic mass is 32.1. The first-order valence-corrected chi connectivity index (χ1v) is 6.82. The van der Waals surface area contributed by atoms with Crippen molar-refractivity contribution in [3.63, 3.8) is 0 Å². The molecule has 5 heteroatoms. The third kappa shape index (κ3) is 3.54. The molecule has 0 saturated heterocycles. The highest BCUT2D eigenvalue weighted by Gasteiger charge is 2.14. The van der Waals surface area contributed by atoms with Crippen LogP contribution in [0.1, 0.15) is 15.6 Å². The van der Waals surface area contributed by atoms with Crippen molar-refractivity contribution in [2.75, 3.05) is 11.4 Å². The van der Waals surface area contributed by atoms with Crippen LogP contribution >= 0.6 is 11.3 Å². The molecule has 2 aromatic rings. The van der Waals surface area contributed by atoms with Gasteiger partial charge in [0.15, 0.2) is 0 Å². The summed E-state index contributed by atoms with van der Waals surface area (Å²) in [7, 11) is 0. The Kier molecular flexibility index (Phi) is 4.16. The van der Waals surface area contributed by atoms with Crippen molar-refractivity contribution < 1.29 is 9.90 Å². The molecule has 1 aromatic carbocycles. The molecular formula is C14H16N2O2S. The van der Waals surface area contributed by atoms with Crippen molar-refractivity contribution in [1.82, 2.24) is 4.98 Å². The van der Waals surface area contributed by atoms with Crippen molar-refractivity contribution in [3.8, 4) is 0 Å². The van der Waals surface area contributed by atoms with Crippen LogP contribution in [0.3, 0.4) is 0 Å². The molecule has 0 radical (unpaired) electrons. The van der Waals surface area contributed by atoms with Gasteiger partial charge in [-0.25, -0.2) is 4.98 Å². The van der Waals surface area contributed by atoms with Crippen molar-refractivity contribution in [3.05, 3.63) is 45.9 Å². The Morgan fingerprint density at radius 2 is 2.00 bits per heavy atom. The van der Waals surface area contributed by atoms with E-state index in [4.69, 9.17) is 5.11 Å². The van der Waals surface area contributed by atoms with Crippen LogP contribution in [0.25, 0.3) is 0 Å². The molecule has 0 fully saturated rings. The summed E-state index contributed by atoms with van der Waals surface area (Å²) in [5.74, 6) is -0.831. The van der Waals surface area contributed by atoms with E-state index in [1.807, 2.05) is 49.1 Å². The van der Waals surface area contributed by atoms with Crippen LogP contribution < -0.4 is 4.90 Å². The first-order valence-electron chi connectivity index (χ1n) is 6.01. The third-order valence-corrected chi connectivity index (χ3v) is 3.84. The number of benzene rings is 1. The maximum absolute atomic E-state index is 11.0. The lowest BCUT2D eigenvalue weighted by molar-refractivity contribution is -0.135. The highest BCUT2D eigenvalue weighted by molar-refractivity contribution is 7.11. The molecule has 2 rings (SSSR count). The second-order valence-corrected chi connectivity index (χ2v) is 5.61. The van der Waals surface area contributed by atoms with Gasteiger partial charge in [0, 0.05) is 10.6 Å². The zero-order valence-corrected chi connectivity index (χ0v) is 11.8. The Labute approximate surface area is 116 Å². The number of rotatable bonds is 5. The van der Waals surface area contributed by atoms with Crippen LogP contribution in [0, 0.1) is 13.8 Å². The topological polar surface area (TPSA) is 53.4 Å². The van der Waals surface area contributed by atoms with Gasteiger partial charge < -0.3 is 10.0 Å². The van der Waals surface area contributed by atoms with Crippen LogP contribution in [0.2, 0.25) is 0 Å². The average molecular weight is 276 g/mol. The molecule has 0 aliphatic heterocycles. The molecule has 19 heavy (non-hydrogen) atoms. The number of carbonyl (C=O) groups is 1. The molecule has 1 aromatic heterocycles. The lowest BCUT2D eigenvalue weighted by atomic mass is 10.2. The molecule has 0 unspecified atom stereocenters. The van der Waals surface area contributed by atoms with Gasteiger partial charge in [0.25, 0.3) is 0 Å². The van der Waals surface area contributed by atoms with Crippen molar-refractivity contribution in [1.29, 1.82) is 0 Å². The summed E-state index contributed by atoms with van der Waals surface area (Å²) in [5, 5.41) is 10.1. The van der Waals surface area contributed by atoms with Crippen molar-refractivity contribution in [2.24, 2.45) is 0 Å². The number of aromatic nitrogens is 1. The number of nitrogens with zero attached hydrogens (tertiary/aromatic N) is 2. The summed E-state index contributed by atoms with van der Waals surface area (Å²) in [5.41, 5.74) is 1.89. The lowest BCUT2D eigenvalue weighted by Gasteiger charge is -2.22. The number of carboxylic acids is 1. The molecule has 100 valence electrons. The van der Waals surface area contributed by atoms with Gasteiger partial charge in [-0.1, -0.05) is 18.2 Å². The number of carboxylic acid groups (broad SMARTS) is 1. The first-order chi connectivity index (χ1) is 9.06. The van der Waals surface area contributed by atoms with Gasteiger partial charge in [-0.2, -0.15) is 0 Å². The van der Waals surface area contributed by atoms with E-state index in [9.17, 15) is 4.79 Å². The molecular weight excluding hydrogens is 260 g/mol. The number of para-hydroxylation sites is 1. The Morgan fingerprint density at radius 1 is 1.32 bits per heavy atom. The monoisotopic (exact) mass is 276 g/mol. The van der Waals surface area contributed by atoms with E-state index >= 15 is 0 Å². The minimum atomic E-state index is -0.831. The van der Waals surface area contributed by atoms with Crippen molar-refractivity contribution in [2.45, 2.75) is 20.4 Å². The maximum atomic E-state index is 11.0. The molecule has 0 saturated carbocycles. The largest absolute Gasteiger partial charge is 0.480 e. The minimum absolute atomic E-state index is 0.0135. The van der Waals surface area contributed by atoms with E-state index in [0.29, 0.717) is 6.54 Å². The zero-order valence-electron chi connectivity index (χ0n) is 11.0. The fourth-order valence-electron chi connectivity index (χ4n) is 1.93. The predicted molar refractivity (Wildman–Crippen MR) is 76.7 cm³/mol. The van der Waals surface area contributed by atoms with Crippen LogP contribution in [0.15, 0.2) is 30.3 Å². The molecule has 0 atom stereocenters. The Morgan fingerprint density at radius 3 is 2.53 bits per heavy atom. The number of thiazole rings is 1. The van der Waals surface area contributed by atoms with E-state index in [2.05, 4.69) is 4.98 Å². The zero-order chi connectivity index (χ0) is 13.8. The summed E-state index contributed by atoms with van der Waals surface area (Å²) in [6, 6.07) is 9.59. The van der Waals surface area contributed by atoms with Crippen LogP contribution in [0.5, 0.6) is 0 Å². The Bertz CT molecular complexity index is 566. The smallest absolute Gasteiger partial charge is 0.323 e. The molecule has 1 heterocycles. The minimum Gasteiger partial charge on any atom is -0.480 e. The predicted octanol–water partition coefficient (Wildman–Crippen LogP) is 2.85. The first kappa shape index (κ1) is 13.5. The lowest BCUT2D eigenvalue weighted by Crippen LogP contribution is -2.29. The van der Waals surface area contributed by atoms with E-state index in [1.54, 1.807) is 11.3 Å². The quantitative estimate of drug-likeness (QED) is 0.912. The summed E-state index contributed by atoms with van der Waals surface area (Å²) in [4.78, 5) is 18.4. The molecule has 0 aliphatic rings. The average Bonchev–Trinajstić information content (AvgIpc) is 2.67. The molecule has 0 bridgehead atoms. The summed E-state index contributed by atoms with van der Waals surface area (Å²) in [6.45, 7) is 4.49. The standard InChI is InChI=1S/C14H16N2O2S/c1-10-13(19-11(2)15-10)8-16(9-14(17)18)12-6-4-3-5-7-12/h3-7H,8-9H2,1-2H3,(H,17,18). The molecule has 1 N–H and O–H groups in total. The van der Waals surface area contributed by atoms with Gasteiger partial charge in [-0.3, -0.25) is 4.79 Å². The van der Waals surface area contributed by atoms with Gasteiger partial charge in [0.2, 0.25) is 0 Å². The Balaban J connectivity index is 2.24. The van der Waals surface area contributed by atoms with Gasteiger partial charge in [-0.15, -0.1) is 11.3 Å². The summed E-state index contributed by atoms with van der Waals surface area (Å²) >= 11 is 1.62. The number of hydrogen-bond donors (Lipinski definition) is 1. The van der Waals surface area contributed by atoms with Gasteiger partial charge >= 0.3 is 5.97 Å². The fraction of sp³-hybridized carbons (Fsp3) is 0.286. The SMILES string of the molecule is Cc1nc(C)c(CN(CC(=O)O)c2ccccc2)s1. The van der Waals surface area contributed by atoms with Crippen molar-refractivity contribution >= 4 is 23.0 Å². The van der Waals surface area contributed by atoms with E-state index in [-0.39, 0.29) is 6.54 Å². The van der Waals surface area contributed by atoms with E-state index < -0.39 is 5.97 Å². The summed E-state index contributed by atoms with van der Waals surface area (Å²) in [6.07, 6.45) is 0. The summed E-state index contributed by atoms with van der Waals surface area (Å²) < 4.78 is 0. The molecule has 4 nitrogen and oxygen atoms in total. The molecule has 0 aliphatic carbocycles. The van der Waals surface area contributed by atoms with E-state index in [1.165, 1.54) is 0 Å². The van der Waals surface area contributed by atoms with Crippen LogP contribution in [0.4, 0.5) is 5.69 Å². The normalized spacial score (nSPS) is 10.4. The van der Waals surface area contributed by atoms with Gasteiger partial charge in [0.1, 0.15) is 6.54 Å². The second-order valence-electron chi connectivity index (χ2n) is 4.33. The van der Waals surface area contributed by atoms with Gasteiger partial charge in [-0.05, 0) is 26.0 Å². The van der Waals surface area contributed by atoms with Gasteiger partial charge in [0.05, 0.1) is 17.2 Å². The highest BCUT2D eigenvalue weighted by Crippen LogP contribution is 2.22. The molecule has 0 amide bonds. The second kappa shape index (κ2) is 5.84. The maximum Gasteiger partial charge on any atom is 0.323 e. The third-order valence-electron chi connectivity index (χ3n) is 2.78. The Hall–Kier alpha value is -1.88. The molecule has 0 spiro atoms. The number of hydrogen-bond acceptors (Lipinski definition) is 4. The van der Waals surface area contributed by atoms with E-state index in [0.717, 1.165) is 21.3 Å². The van der Waals surface area contributed by atoms with Crippen LogP contribution in [-0.4, -0.2) is 22.6 Å². The number of aliphatic carboxylic acids is 1. The fourth-order valence-corrected chi connectivity index (χ4v) is 2.89. The number of aryl methyl sites for hydroxylation is 2. The number of anilines is 1. The van der Waals surface area contributed by atoms with Crippen LogP contribution in [-0.2, 0) is 11.3 Å².